The van der Waals surface area contributed by atoms with Crippen molar-refractivity contribution in [1.82, 2.24) is 4.90 Å². The molecule has 98 valence electrons. The number of hydrogen-bond donors (Lipinski definition) is 0. The second-order valence-corrected chi connectivity index (χ2v) is 6.15. The predicted molar refractivity (Wildman–Crippen MR) is 71.0 cm³/mol. The zero-order valence-electron chi connectivity index (χ0n) is 11.3. The van der Waals surface area contributed by atoms with Crippen LogP contribution in [0.3, 0.4) is 0 Å². The van der Waals surface area contributed by atoms with Crippen molar-refractivity contribution in [2.24, 2.45) is 11.8 Å². The third-order valence-electron chi connectivity index (χ3n) is 4.53. The van der Waals surface area contributed by atoms with E-state index < -0.39 is 0 Å². The van der Waals surface area contributed by atoms with Crippen molar-refractivity contribution in [3.05, 3.63) is 0 Å². The van der Waals surface area contributed by atoms with Crippen LogP contribution in [0, 0.1) is 11.8 Å². The number of carbonyl (C=O) groups is 1. The summed E-state index contributed by atoms with van der Waals surface area (Å²) in [6.45, 7) is 1.83. The van der Waals surface area contributed by atoms with Crippen LogP contribution in [0.5, 0.6) is 0 Å². The van der Waals surface area contributed by atoms with Gasteiger partial charge in [0.1, 0.15) is 5.78 Å². The number of Topliss-reactive ketones (excluding diaryl/α,β-unsaturated/α-hetero) is 1. The van der Waals surface area contributed by atoms with E-state index in [1.807, 2.05) is 0 Å². The highest BCUT2D eigenvalue weighted by Gasteiger charge is 2.23. The molecule has 2 aliphatic rings. The van der Waals surface area contributed by atoms with Crippen LogP contribution in [0.15, 0.2) is 0 Å². The molecule has 0 aromatic heterocycles. The molecule has 2 saturated carbocycles. The number of carbonyl (C=O) groups excluding carboxylic acids is 1. The van der Waals surface area contributed by atoms with E-state index >= 15 is 0 Å². The minimum Gasteiger partial charge on any atom is -0.299 e. The zero-order valence-corrected chi connectivity index (χ0v) is 11.3. The van der Waals surface area contributed by atoms with E-state index in [2.05, 4.69) is 11.9 Å². The Kier molecular flexibility index (Phi) is 5.02. The molecule has 2 heteroatoms. The molecule has 0 aliphatic heterocycles. The van der Waals surface area contributed by atoms with E-state index in [1.165, 1.54) is 44.9 Å². The van der Waals surface area contributed by atoms with Gasteiger partial charge < -0.3 is 0 Å². The largest absolute Gasteiger partial charge is 0.299 e. The van der Waals surface area contributed by atoms with Gasteiger partial charge >= 0.3 is 0 Å². The summed E-state index contributed by atoms with van der Waals surface area (Å²) >= 11 is 0. The molecule has 0 amide bonds. The van der Waals surface area contributed by atoms with Crippen LogP contribution < -0.4 is 0 Å². The Morgan fingerprint density at radius 1 is 1.00 bits per heavy atom. The van der Waals surface area contributed by atoms with Gasteiger partial charge in [0.2, 0.25) is 0 Å². The summed E-state index contributed by atoms with van der Waals surface area (Å²) in [7, 11) is 2.12. The number of likely N-dealkylation sites (N-methyl/N-ethyl adjacent to an activating group) is 1. The Hall–Kier alpha value is -0.370. The highest BCUT2D eigenvalue weighted by atomic mass is 16.1. The van der Waals surface area contributed by atoms with Crippen molar-refractivity contribution in [3.63, 3.8) is 0 Å². The molecule has 0 aromatic rings. The Morgan fingerprint density at radius 2 is 1.59 bits per heavy atom. The van der Waals surface area contributed by atoms with Crippen molar-refractivity contribution in [3.8, 4) is 0 Å². The van der Waals surface area contributed by atoms with Gasteiger partial charge in [-0.15, -0.1) is 0 Å². The first-order valence-electron chi connectivity index (χ1n) is 7.47. The van der Waals surface area contributed by atoms with Gasteiger partial charge in [-0.05, 0) is 38.6 Å². The second-order valence-electron chi connectivity index (χ2n) is 6.15. The van der Waals surface area contributed by atoms with E-state index in [9.17, 15) is 4.79 Å². The topological polar surface area (TPSA) is 20.3 Å². The van der Waals surface area contributed by atoms with Gasteiger partial charge in [-0.3, -0.25) is 9.69 Å². The lowest BCUT2D eigenvalue weighted by Gasteiger charge is -2.25. The average Bonchev–Trinajstić information content (AvgIpc) is 2.82. The van der Waals surface area contributed by atoms with Crippen molar-refractivity contribution in [2.45, 2.75) is 57.8 Å². The highest BCUT2D eigenvalue weighted by molar-refractivity contribution is 5.83. The Labute approximate surface area is 106 Å². The molecule has 0 spiro atoms. The summed E-state index contributed by atoms with van der Waals surface area (Å²) in [6.07, 6.45) is 11.7. The maximum absolute atomic E-state index is 12.1. The SMILES string of the molecule is CN(CC(=O)C1CCCCC1)CC1CCCC1. The van der Waals surface area contributed by atoms with Crippen LogP contribution >= 0.6 is 0 Å². The normalized spacial score (nSPS) is 23.4. The van der Waals surface area contributed by atoms with Gasteiger partial charge in [0.15, 0.2) is 0 Å². The summed E-state index contributed by atoms with van der Waals surface area (Å²) in [5.74, 6) is 1.75. The predicted octanol–water partition coefficient (Wildman–Crippen LogP) is 3.26. The summed E-state index contributed by atoms with van der Waals surface area (Å²) in [5.41, 5.74) is 0. The minimum absolute atomic E-state index is 0.384. The van der Waals surface area contributed by atoms with Gasteiger partial charge in [-0.2, -0.15) is 0 Å². The lowest BCUT2D eigenvalue weighted by molar-refractivity contribution is -0.124. The summed E-state index contributed by atoms with van der Waals surface area (Å²) in [6, 6.07) is 0. The fraction of sp³-hybridized carbons (Fsp3) is 0.933. The van der Waals surface area contributed by atoms with Gasteiger partial charge in [-0.1, -0.05) is 32.1 Å². The Bertz CT molecular complexity index is 239. The standard InChI is InChI=1S/C15H27NO/c1-16(11-13-7-5-6-8-13)12-15(17)14-9-3-2-4-10-14/h13-14H,2-12H2,1H3. The van der Waals surface area contributed by atoms with E-state index in [0.717, 1.165) is 25.3 Å². The number of rotatable bonds is 5. The number of hydrogen-bond acceptors (Lipinski definition) is 2. The van der Waals surface area contributed by atoms with Crippen LogP contribution in [0.2, 0.25) is 0 Å². The molecular weight excluding hydrogens is 210 g/mol. The highest BCUT2D eigenvalue weighted by Crippen LogP contribution is 2.26. The first-order valence-corrected chi connectivity index (χ1v) is 7.47. The molecule has 0 heterocycles. The van der Waals surface area contributed by atoms with Crippen LogP contribution in [-0.4, -0.2) is 30.8 Å². The van der Waals surface area contributed by atoms with Crippen molar-refractivity contribution >= 4 is 5.78 Å². The fourth-order valence-corrected chi connectivity index (χ4v) is 3.52. The average molecular weight is 237 g/mol. The molecule has 0 saturated heterocycles. The maximum Gasteiger partial charge on any atom is 0.149 e. The molecule has 2 aliphatic carbocycles. The monoisotopic (exact) mass is 237 g/mol. The first-order chi connectivity index (χ1) is 8.25. The van der Waals surface area contributed by atoms with Gasteiger partial charge in [-0.25, -0.2) is 0 Å². The third-order valence-corrected chi connectivity index (χ3v) is 4.53. The summed E-state index contributed by atoms with van der Waals surface area (Å²) < 4.78 is 0. The van der Waals surface area contributed by atoms with Crippen molar-refractivity contribution in [1.29, 1.82) is 0 Å². The molecule has 2 nitrogen and oxygen atoms in total. The molecule has 0 atom stereocenters. The lowest BCUT2D eigenvalue weighted by Crippen LogP contribution is -2.34. The number of ketones is 1. The van der Waals surface area contributed by atoms with Crippen molar-refractivity contribution < 1.29 is 4.79 Å². The van der Waals surface area contributed by atoms with Crippen LogP contribution in [0.4, 0.5) is 0 Å². The first kappa shape index (κ1) is 13.1. The van der Waals surface area contributed by atoms with Crippen LogP contribution in [0.25, 0.3) is 0 Å². The lowest BCUT2D eigenvalue weighted by atomic mass is 9.86. The molecule has 0 radical (unpaired) electrons. The molecule has 0 bridgehead atoms. The minimum atomic E-state index is 0.384. The van der Waals surface area contributed by atoms with E-state index in [-0.39, 0.29) is 0 Å². The van der Waals surface area contributed by atoms with Gasteiger partial charge in [0.05, 0.1) is 6.54 Å². The zero-order chi connectivity index (χ0) is 12.1. The smallest absolute Gasteiger partial charge is 0.149 e. The van der Waals surface area contributed by atoms with E-state index in [4.69, 9.17) is 0 Å². The molecule has 0 unspecified atom stereocenters. The van der Waals surface area contributed by atoms with Crippen LogP contribution in [0.1, 0.15) is 57.8 Å². The Morgan fingerprint density at radius 3 is 2.24 bits per heavy atom. The van der Waals surface area contributed by atoms with E-state index in [0.29, 0.717) is 18.2 Å². The van der Waals surface area contributed by atoms with Gasteiger partial charge in [0, 0.05) is 12.5 Å². The number of nitrogens with zero attached hydrogens (tertiary/aromatic N) is 1. The molecule has 0 aromatic carbocycles. The van der Waals surface area contributed by atoms with Crippen LogP contribution in [-0.2, 0) is 4.79 Å². The molecule has 0 N–H and O–H groups in total. The second kappa shape index (κ2) is 6.53. The quantitative estimate of drug-likeness (QED) is 0.731. The summed E-state index contributed by atoms with van der Waals surface area (Å²) in [4.78, 5) is 14.4. The third kappa shape index (κ3) is 4.09. The fourth-order valence-electron chi connectivity index (χ4n) is 3.52. The van der Waals surface area contributed by atoms with Crippen molar-refractivity contribution in [2.75, 3.05) is 20.1 Å². The molecule has 2 fully saturated rings. The Balaban J connectivity index is 1.69. The molecule has 2 rings (SSSR count). The summed E-state index contributed by atoms with van der Waals surface area (Å²) in [5, 5.41) is 0. The molecule has 17 heavy (non-hydrogen) atoms. The maximum atomic E-state index is 12.1. The van der Waals surface area contributed by atoms with E-state index in [1.54, 1.807) is 0 Å². The molecular formula is C15H27NO. The van der Waals surface area contributed by atoms with Gasteiger partial charge in [0.25, 0.3) is 0 Å².